The summed E-state index contributed by atoms with van der Waals surface area (Å²) in [7, 11) is 1.47. The summed E-state index contributed by atoms with van der Waals surface area (Å²) in [6.45, 7) is 1.81. The third kappa shape index (κ3) is 3.35. The number of carbonyl (C=O) groups excluding carboxylic acids is 2. The van der Waals surface area contributed by atoms with Gasteiger partial charge in [0.05, 0.1) is 12.7 Å². The van der Waals surface area contributed by atoms with E-state index in [2.05, 4.69) is 0 Å². The average Bonchev–Trinajstić information content (AvgIpc) is 2.65. The largest absolute Gasteiger partial charge is 0.493 e. The molecule has 0 radical (unpaired) electrons. The van der Waals surface area contributed by atoms with Gasteiger partial charge in [-0.3, -0.25) is 9.59 Å². The first-order valence-electron chi connectivity index (χ1n) is 8.52. The summed E-state index contributed by atoms with van der Waals surface area (Å²) in [4.78, 5) is 26.3. The maximum atomic E-state index is 12.9. The second-order valence-corrected chi connectivity index (χ2v) is 6.27. The number of nitrogens with two attached hydrogens (primary N) is 1. The molecule has 2 aromatic rings. The molecule has 1 aliphatic heterocycles. The number of para-hydroxylation sites is 2. The second kappa shape index (κ2) is 7.47. The van der Waals surface area contributed by atoms with E-state index in [1.54, 1.807) is 23.1 Å². The van der Waals surface area contributed by atoms with Crippen molar-refractivity contribution in [1.29, 1.82) is 0 Å². The lowest BCUT2D eigenvalue weighted by Gasteiger charge is -2.35. The Hall–Kier alpha value is -3.02. The van der Waals surface area contributed by atoms with Crippen molar-refractivity contribution in [3.63, 3.8) is 0 Å². The summed E-state index contributed by atoms with van der Waals surface area (Å²) < 4.78 is 10.9. The van der Waals surface area contributed by atoms with Crippen LogP contribution in [-0.2, 0) is 11.2 Å². The number of carbonyl (C=O) groups is 2. The number of aryl methyl sites for hydroxylation is 1. The number of primary amides is 1. The van der Waals surface area contributed by atoms with Gasteiger partial charge < -0.3 is 20.1 Å². The third-order valence-corrected chi connectivity index (χ3v) is 4.60. The minimum Gasteiger partial charge on any atom is -0.493 e. The molecule has 3 rings (SSSR count). The fourth-order valence-electron chi connectivity index (χ4n) is 3.29. The number of rotatable bonds is 5. The van der Waals surface area contributed by atoms with Crippen LogP contribution in [0.25, 0.3) is 0 Å². The zero-order chi connectivity index (χ0) is 18.7. The summed E-state index contributed by atoms with van der Waals surface area (Å²) in [6, 6.07) is 12.8. The highest BCUT2D eigenvalue weighted by Gasteiger charge is 2.28. The minimum atomic E-state index is -0.636. The van der Waals surface area contributed by atoms with Gasteiger partial charge in [0.1, 0.15) is 0 Å². The van der Waals surface area contributed by atoms with E-state index in [9.17, 15) is 9.59 Å². The summed E-state index contributed by atoms with van der Waals surface area (Å²) in [5.41, 5.74) is 7.65. The highest BCUT2D eigenvalue weighted by molar-refractivity contribution is 5.98. The van der Waals surface area contributed by atoms with Gasteiger partial charge in [0.15, 0.2) is 18.1 Å². The topological polar surface area (TPSA) is 81.9 Å². The van der Waals surface area contributed by atoms with Gasteiger partial charge >= 0.3 is 0 Å². The molecular weight excluding hydrogens is 332 g/mol. The first-order valence-corrected chi connectivity index (χ1v) is 8.52. The van der Waals surface area contributed by atoms with Gasteiger partial charge in [0, 0.05) is 11.7 Å². The molecule has 0 saturated carbocycles. The fraction of sp³-hybridized carbons (Fsp3) is 0.300. The van der Waals surface area contributed by atoms with E-state index in [0.29, 0.717) is 5.75 Å². The molecular formula is C20H22N2O4. The van der Waals surface area contributed by atoms with E-state index in [0.717, 1.165) is 24.1 Å². The van der Waals surface area contributed by atoms with Crippen molar-refractivity contribution in [1.82, 2.24) is 0 Å². The van der Waals surface area contributed by atoms with Gasteiger partial charge in [-0.15, -0.1) is 0 Å². The van der Waals surface area contributed by atoms with E-state index in [1.165, 1.54) is 7.11 Å². The highest BCUT2D eigenvalue weighted by atomic mass is 16.5. The summed E-state index contributed by atoms with van der Waals surface area (Å²) in [5, 5.41) is 0. The third-order valence-electron chi connectivity index (χ3n) is 4.60. The molecule has 0 saturated heterocycles. The number of methoxy groups -OCH3 is 1. The molecule has 2 amide bonds. The van der Waals surface area contributed by atoms with Gasteiger partial charge in [0.25, 0.3) is 11.8 Å². The van der Waals surface area contributed by atoms with Crippen LogP contribution in [0.3, 0.4) is 0 Å². The number of anilines is 1. The van der Waals surface area contributed by atoms with Crippen molar-refractivity contribution in [2.45, 2.75) is 25.8 Å². The van der Waals surface area contributed by atoms with Crippen molar-refractivity contribution >= 4 is 17.5 Å². The van der Waals surface area contributed by atoms with Crippen LogP contribution >= 0.6 is 0 Å². The normalized spacial score (nSPS) is 15.9. The van der Waals surface area contributed by atoms with Gasteiger partial charge in [-0.2, -0.15) is 0 Å². The lowest BCUT2D eigenvalue weighted by molar-refractivity contribution is -0.121. The number of hydrogen-bond acceptors (Lipinski definition) is 4. The Morgan fingerprint density at radius 3 is 2.69 bits per heavy atom. The number of nitrogens with zero attached hydrogens (tertiary/aromatic N) is 1. The number of hydrogen-bond donors (Lipinski definition) is 1. The van der Waals surface area contributed by atoms with Crippen LogP contribution < -0.4 is 20.1 Å². The molecule has 26 heavy (non-hydrogen) atoms. The predicted octanol–water partition coefficient (Wildman–Crippen LogP) is 2.54. The van der Waals surface area contributed by atoms with Crippen molar-refractivity contribution in [3.8, 4) is 11.5 Å². The molecule has 1 aliphatic rings. The number of amides is 2. The Kier molecular flexibility index (Phi) is 5.11. The first-order chi connectivity index (χ1) is 12.5. The highest BCUT2D eigenvalue weighted by Crippen LogP contribution is 2.33. The van der Waals surface area contributed by atoms with Crippen LogP contribution in [0.2, 0.25) is 0 Å². The van der Waals surface area contributed by atoms with Crippen molar-refractivity contribution in [2.75, 3.05) is 18.6 Å². The number of ether oxygens (including phenoxy) is 2. The van der Waals surface area contributed by atoms with Crippen LogP contribution in [0.15, 0.2) is 42.5 Å². The molecule has 0 spiro atoms. The molecule has 0 aliphatic carbocycles. The second-order valence-electron chi connectivity index (χ2n) is 6.27. The van der Waals surface area contributed by atoms with Gasteiger partial charge in [-0.25, -0.2) is 0 Å². The predicted molar refractivity (Wildman–Crippen MR) is 98.7 cm³/mol. The Labute approximate surface area is 152 Å². The van der Waals surface area contributed by atoms with Crippen molar-refractivity contribution in [2.24, 2.45) is 5.73 Å². The lowest BCUT2D eigenvalue weighted by atomic mass is 9.96. The molecule has 0 aromatic heterocycles. The molecule has 136 valence electrons. The zero-order valence-corrected chi connectivity index (χ0v) is 14.9. The Balaban J connectivity index is 1.83. The number of benzene rings is 2. The van der Waals surface area contributed by atoms with E-state index < -0.39 is 5.91 Å². The molecule has 0 bridgehead atoms. The van der Waals surface area contributed by atoms with E-state index in [-0.39, 0.29) is 29.9 Å². The average molecular weight is 354 g/mol. The van der Waals surface area contributed by atoms with Crippen LogP contribution in [-0.4, -0.2) is 31.6 Å². The van der Waals surface area contributed by atoms with Gasteiger partial charge in [-0.05, 0) is 43.5 Å². The molecule has 6 nitrogen and oxygen atoms in total. The van der Waals surface area contributed by atoms with Crippen LogP contribution in [0.4, 0.5) is 5.69 Å². The molecule has 1 unspecified atom stereocenters. The minimum absolute atomic E-state index is 0.0780. The molecule has 1 atom stereocenters. The molecule has 2 aromatic carbocycles. The van der Waals surface area contributed by atoms with E-state index in [4.69, 9.17) is 15.2 Å². The summed E-state index contributed by atoms with van der Waals surface area (Å²) in [6.07, 6.45) is 1.84. The lowest BCUT2D eigenvalue weighted by Crippen LogP contribution is -2.44. The standard InChI is InChI=1S/C20H22N2O4/c1-13-10-11-14-6-3-4-8-16(14)22(13)18(23)12-26-19-15(20(21)24)7-5-9-17(19)25-2/h3-9,13H,10-12H2,1-2H3,(H2,21,24). The Morgan fingerprint density at radius 1 is 1.19 bits per heavy atom. The number of fused-ring (bicyclic) bond motifs is 1. The summed E-state index contributed by atoms with van der Waals surface area (Å²) >= 11 is 0. The van der Waals surface area contributed by atoms with Crippen LogP contribution in [0.1, 0.15) is 29.3 Å². The maximum absolute atomic E-state index is 12.9. The van der Waals surface area contributed by atoms with E-state index in [1.807, 2.05) is 31.2 Å². The molecule has 0 fully saturated rings. The monoisotopic (exact) mass is 354 g/mol. The van der Waals surface area contributed by atoms with E-state index >= 15 is 0 Å². The quantitative estimate of drug-likeness (QED) is 0.895. The Bertz CT molecular complexity index is 834. The zero-order valence-electron chi connectivity index (χ0n) is 14.9. The maximum Gasteiger partial charge on any atom is 0.265 e. The smallest absolute Gasteiger partial charge is 0.265 e. The molecule has 2 N–H and O–H groups in total. The summed E-state index contributed by atoms with van der Waals surface area (Å²) in [5.74, 6) is -0.260. The van der Waals surface area contributed by atoms with Gasteiger partial charge in [0.2, 0.25) is 0 Å². The molecule has 1 heterocycles. The van der Waals surface area contributed by atoms with Gasteiger partial charge in [-0.1, -0.05) is 24.3 Å². The SMILES string of the molecule is COc1cccc(C(N)=O)c1OCC(=O)N1c2ccccc2CCC1C. The Morgan fingerprint density at radius 2 is 1.96 bits per heavy atom. The van der Waals surface area contributed by atoms with Crippen molar-refractivity contribution in [3.05, 3.63) is 53.6 Å². The van der Waals surface area contributed by atoms with Crippen molar-refractivity contribution < 1.29 is 19.1 Å². The van der Waals surface area contributed by atoms with Crippen LogP contribution in [0, 0.1) is 0 Å². The first kappa shape index (κ1) is 17.8. The fourth-order valence-corrected chi connectivity index (χ4v) is 3.29. The molecule has 6 heteroatoms. The van der Waals surface area contributed by atoms with Crippen LogP contribution in [0.5, 0.6) is 11.5 Å².